The number of amides is 2. The van der Waals surface area contributed by atoms with Gasteiger partial charge in [-0.25, -0.2) is 26.4 Å². The number of sulfone groups is 1. The number of nitrogens with one attached hydrogen (secondary N) is 2. The van der Waals surface area contributed by atoms with Crippen molar-refractivity contribution in [3.8, 4) is 11.8 Å². The van der Waals surface area contributed by atoms with E-state index in [1.54, 1.807) is 11.6 Å². The van der Waals surface area contributed by atoms with Crippen LogP contribution in [0.5, 0.6) is 11.8 Å². The number of hydrogen-bond donors (Lipinski definition) is 2. The molecule has 1 aromatic heterocycles. The summed E-state index contributed by atoms with van der Waals surface area (Å²) < 4.78 is 60.6. The number of nitrogens with zero attached hydrogens (tertiary/aromatic N) is 2. The topological polar surface area (TPSA) is 188 Å². The summed E-state index contributed by atoms with van der Waals surface area (Å²) in [5.74, 6) is -1.68. The molecule has 1 aromatic carbocycles. The maximum absolute atomic E-state index is 12.6. The molecule has 0 aliphatic rings. The van der Waals surface area contributed by atoms with Crippen LogP contribution in [-0.4, -0.2) is 51.5 Å². The molecule has 0 aliphatic carbocycles. The van der Waals surface area contributed by atoms with Crippen LogP contribution in [0.1, 0.15) is 13.3 Å². The maximum atomic E-state index is 12.6. The molecular formula is C16H16N4O9S2. The number of rotatable bonds is 10. The van der Waals surface area contributed by atoms with E-state index in [1.807, 2.05) is 5.32 Å². The van der Waals surface area contributed by atoms with E-state index in [9.17, 15) is 31.2 Å². The molecule has 1 heterocycles. The van der Waals surface area contributed by atoms with E-state index < -0.39 is 53.4 Å². The van der Waals surface area contributed by atoms with Crippen molar-refractivity contribution in [2.24, 2.45) is 0 Å². The van der Waals surface area contributed by atoms with E-state index in [0.29, 0.717) is 0 Å². The van der Waals surface area contributed by atoms with E-state index in [4.69, 9.17) is 0 Å². The number of ether oxygens (including phenoxy) is 2. The zero-order valence-corrected chi connectivity index (χ0v) is 17.5. The number of hydrogen-bond acceptors (Lipinski definition) is 11. The Balaban J connectivity index is 2.31. The number of aromatic nitrogens is 2. The summed E-state index contributed by atoms with van der Waals surface area (Å²) in [6.07, 6.45) is 0.256. The highest BCUT2D eigenvalue weighted by Crippen LogP contribution is 2.22. The molecule has 0 radical (unpaired) electrons. The lowest BCUT2D eigenvalue weighted by Gasteiger charge is -2.12. The van der Waals surface area contributed by atoms with Gasteiger partial charge >= 0.3 is 6.03 Å². The molecule has 2 aromatic rings. The van der Waals surface area contributed by atoms with Crippen LogP contribution in [0.2, 0.25) is 0 Å². The van der Waals surface area contributed by atoms with Crippen LogP contribution in [0.15, 0.2) is 40.1 Å². The van der Waals surface area contributed by atoms with Crippen LogP contribution < -0.4 is 19.5 Å². The van der Waals surface area contributed by atoms with Gasteiger partial charge in [-0.3, -0.25) is 14.9 Å². The lowest BCUT2D eigenvalue weighted by molar-refractivity contribution is -0.121. The van der Waals surface area contributed by atoms with Gasteiger partial charge in [0, 0.05) is 0 Å². The first kappa shape index (κ1) is 23.7. The number of benzene rings is 1. The first-order valence-corrected chi connectivity index (χ1v) is 11.5. The summed E-state index contributed by atoms with van der Waals surface area (Å²) in [6, 6.07) is 4.39. The molecule has 0 fully saturated rings. The molecule has 2 rings (SSSR count). The Bertz CT molecular complexity index is 1170. The second-order valence-electron chi connectivity index (χ2n) is 5.62. The fourth-order valence-corrected chi connectivity index (χ4v) is 5.41. The number of sulfonamides is 1. The highest BCUT2D eigenvalue weighted by molar-refractivity contribution is 7.94. The number of carbonyl (C=O) groups excluding carboxylic acids is 3. The normalized spacial score (nSPS) is 11.3. The quantitative estimate of drug-likeness (QED) is 0.451. The fraction of sp³-hybridized carbons (Fsp3) is 0.188. The smallest absolute Gasteiger partial charge is 0.335 e. The Morgan fingerprint density at radius 3 is 2.06 bits per heavy atom. The summed E-state index contributed by atoms with van der Waals surface area (Å²) in [5.41, 5.74) is 0. The van der Waals surface area contributed by atoms with E-state index in [1.165, 1.54) is 12.1 Å². The highest BCUT2D eigenvalue weighted by Gasteiger charge is 2.27. The van der Waals surface area contributed by atoms with E-state index in [0.717, 1.165) is 18.2 Å². The monoisotopic (exact) mass is 472 g/mol. The van der Waals surface area contributed by atoms with Gasteiger partial charge < -0.3 is 9.47 Å². The minimum absolute atomic E-state index is 0.00893. The number of carbonyl (C=O) groups is 3. The molecule has 0 saturated heterocycles. The average molecular weight is 472 g/mol. The molecule has 166 valence electrons. The first-order valence-electron chi connectivity index (χ1n) is 8.38. The third-order valence-electron chi connectivity index (χ3n) is 3.42. The van der Waals surface area contributed by atoms with Gasteiger partial charge in [0.05, 0.1) is 16.7 Å². The van der Waals surface area contributed by atoms with Gasteiger partial charge in [-0.1, -0.05) is 19.1 Å². The molecule has 2 N–H and O–H groups in total. The molecule has 0 bridgehead atoms. The van der Waals surface area contributed by atoms with Crippen LogP contribution in [-0.2, 0) is 29.4 Å². The van der Waals surface area contributed by atoms with Crippen molar-refractivity contribution < 1.29 is 40.7 Å². The highest BCUT2D eigenvalue weighted by atomic mass is 32.2. The molecule has 15 heteroatoms. The van der Waals surface area contributed by atoms with Crippen molar-refractivity contribution in [2.45, 2.75) is 23.1 Å². The van der Waals surface area contributed by atoms with Gasteiger partial charge in [-0.15, -0.1) is 0 Å². The second-order valence-corrected chi connectivity index (χ2v) is 9.35. The van der Waals surface area contributed by atoms with Crippen LogP contribution in [0.25, 0.3) is 0 Å². The molecular weight excluding hydrogens is 456 g/mol. The van der Waals surface area contributed by atoms with Gasteiger partial charge in [0.25, 0.3) is 23.0 Å². The Hall–Kier alpha value is -3.59. The van der Waals surface area contributed by atoms with Crippen molar-refractivity contribution in [1.29, 1.82) is 0 Å². The lowest BCUT2D eigenvalue weighted by atomic mass is 10.4. The van der Waals surface area contributed by atoms with E-state index in [-0.39, 0.29) is 25.1 Å². The Morgan fingerprint density at radius 2 is 1.55 bits per heavy atom. The van der Waals surface area contributed by atoms with Crippen molar-refractivity contribution in [2.75, 3.05) is 11.1 Å². The standard InChI is InChI=1S/C16H16N4O9S2/c1-2-7-30(24,25)11-5-3-4-6-12(11)31(26,27)20-16(23)19-15-17-13(28-9-21)8-14(18-15)29-10-22/h3-6,8-10H,2,7H2,1H3,(H2,17,18,19,20,23). The molecule has 0 saturated carbocycles. The molecule has 0 aliphatic heterocycles. The van der Waals surface area contributed by atoms with Crippen LogP contribution in [0, 0.1) is 0 Å². The summed E-state index contributed by atoms with van der Waals surface area (Å²) in [4.78, 5) is 39.2. The zero-order valence-electron chi connectivity index (χ0n) is 15.8. The Morgan fingerprint density at radius 1 is 1.00 bits per heavy atom. The molecule has 31 heavy (non-hydrogen) atoms. The SMILES string of the molecule is CCCS(=O)(=O)c1ccccc1S(=O)(=O)NC(=O)Nc1nc(OC=O)cc(OC=O)n1. The van der Waals surface area contributed by atoms with Crippen molar-refractivity contribution in [1.82, 2.24) is 14.7 Å². The lowest BCUT2D eigenvalue weighted by Crippen LogP contribution is -2.35. The average Bonchev–Trinajstić information content (AvgIpc) is 2.68. The van der Waals surface area contributed by atoms with Crippen LogP contribution >= 0.6 is 0 Å². The van der Waals surface area contributed by atoms with E-state index in [2.05, 4.69) is 19.4 Å². The largest absolute Gasteiger partial charge is 0.409 e. The third kappa shape index (κ3) is 6.19. The van der Waals surface area contributed by atoms with Crippen molar-refractivity contribution in [3.05, 3.63) is 30.3 Å². The summed E-state index contributed by atoms with van der Waals surface area (Å²) in [5, 5.41) is 1.96. The first-order chi connectivity index (χ1) is 14.6. The number of anilines is 1. The maximum Gasteiger partial charge on any atom is 0.335 e. The van der Waals surface area contributed by atoms with Gasteiger partial charge in [0.15, 0.2) is 9.84 Å². The number of urea groups is 1. The summed E-state index contributed by atoms with van der Waals surface area (Å²) in [6.45, 7) is 1.63. The molecule has 0 unspecified atom stereocenters. The fourth-order valence-electron chi connectivity index (χ4n) is 2.29. The van der Waals surface area contributed by atoms with Gasteiger partial charge in [0.1, 0.15) is 4.90 Å². The third-order valence-corrected chi connectivity index (χ3v) is 6.91. The Kier molecular flexibility index (Phi) is 7.60. The minimum Gasteiger partial charge on any atom is -0.409 e. The predicted molar refractivity (Wildman–Crippen MR) is 104 cm³/mol. The molecule has 0 spiro atoms. The molecule has 0 atom stereocenters. The van der Waals surface area contributed by atoms with Gasteiger partial charge in [0.2, 0.25) is 17.7 Å². The predicted octanol–water partition coefficient (Wildman–Crippen LogP) is 0.241. The van der Waals surface area contributed by atoms with Crippen LogP contribution in [0.3, 0.4) is 0 Å². The second kappa shape index (κ2) is 9.94. The molecule has 13 nitrogen and oxygen atoms in total. The summed E-state index contributed by atoms with van der Waals surface area (Å²) in [7, 11) is -8.54. The van der Waals surface area contributed by atoms with Crippen molar-refractivity contribution in [3.63, 3.8) is 0 Å². The van der Waals surface area contributed by atoms with E-state index >= 15 is 0 Å². The Labute approximate surface area is 176 Å². The van der Waals surface area contributed by atoms with Gasteiger partial charge in [-0.05, 0) is 18.6 Å². The van der Waals surface area contributed by atoms with Crippen molar-refractivity contribution >= 4 is 44.8 Å². The van der Waals surface area contributed by atoms with Gasteiger partial charge in [-0.2, -0.15) is 9.97 Å². The summed E-state index contributed by atoms with van der Waals surface area (Å²) >= 11 is 0. The zero-order chi connectivity index (χ0) is 23.1. The van der Waals surface area contributed by atoms with Crippen LogP contribution in [0.4, 0.5) is 10.7 Å². The molecule has 2 amide bonds. The minimum atomic E-state index is -4.62.